The highest BCUT2D eigenvalue weighted by molar-refractivity contribution is 5.74. The zero-order chi connectivity index (χ0) is 12.1. The molecule has 5 nitrogen and oxygen atoms in total. The van der Waals surface area contributed by atoms with Crippen molar-refractivity contribution < 1.29 is 0 Å². The first-order chi connectivity index (χ1) is 8.29. The van der Waals surface area contributed by atoms with Crippen molar-refractivity contribution in [1.29, 1.82) is 0 Å². The van der Waals surface area contributed by atoms with Crippen LogP contribution in [-0.4, -0.2) is 29.6 Å². The molecule has 0 saturated heterocycles. The molecule has 2 rings (SSSR count). The number of aromatic nitrogens is 2. The number of aromatic amines is 2. The predicted octanol–water partition coefficient (Wildman–Crippen LogP) is 0.555. The Kier molecular flexibility index (Phi) is 3.95. The van der Waals surface area contributed by atoms with Gasteiger partial charge in [0.05, 0.1) is 11.0 Å². The third kappa shape index (κ3) is 3.18. The average molecular weight is 234 g/mol. The molecular weight excluding hydrogens is 216 g/mol. The summed E-state index contributed by atoms with van der Waals surface area (Å²) in [5, 5.41) is 6.60. The van der Waals surface area contributed by atoms with E-state index in [4.69, 9.17) is 0 Å². The van der Waals surface area contributed by atoms with E-state index in [1.54, 1.807) is 0 Å². The average Bonchev–Trinajstić information content (AvgIpc) is 2.68. The van der Waals surface area contributed by atoms with Crippen molar-refractivity contribution in [3.63, 3.8) is 0 Å². The van der Waals surface area contributed by atoms with Gasteiger partial charge in [0.15, 0.2) is 0 Å². The molecule has 0 radical (unpaired) electrons. The fourth-order valence-corrected chi connectivity index (χ4v) is 1.78. The Labute approximate surface area is 99.6 Å². The maximum absolute atomic E-state index is 11.1. The van der Waals surface area contributed by atoms with Gasteiger partial charge in [0.1, 0.15) is 0 Å². The highest BCUT2D eigenvalue weighted by Crippen LogP contribution is 2.09. The van der Waals surface area contributed by atoms with Gasteiger partial charge in [0.25, 0.3) is 0 Å². The molecule has 0 aliphatic heterocycles. The van der Waals surface area contributed by atoms with Crippen LogP contribution in [0.3, 0.4) is 0 Å². The second-order valence-corrected chi connectivity index (χ2v) is 3.99. The van der Waals surface area contributed by atoms with Crippen molar-refractivity contribution in [2.45, 2.75) is 13.5 Å². The molecule has 0 fully saturated rings. The van der Waals surface area contributed by atoms with E-state index in [0.29, 0.717) is 0 Å². The second-order valence-electron chi connectivity index (χ2n) is 3.99. The summed E-state index contributed by atoms with van der Waals surface area (Å²) in [5.41, 5.74) is 2.73. The van der Waals surface area contributed by atoms with E-state index in [0.717, 1.165) is 37.2 Å². The molecule has 0 spiro atoms. The van der Waals surface area contributed by atoms with Crippen LogP contribution >= 0.6 is 0 Å². The number of H-pyrrole nitrogens is 2. The van der Waals surface area contributed by atoms with Crippen LogP contribution in [0.5, 0.6) is 0 Å². The van der Waals surface area contributed by atoms with Gasteiger partial charge in [0.2, 0.25) is 0 Å². The monoisotopic (exact) mass is 234 g/mol. The lowest BCUT2D eigenvalue weighted by Crippen LogP contribution is -2.26. The number of likely N-dealkylation sites (N-methyl/N-ethyl adjacent to an activating group) is 1. The fourth-order valence-electron chi connectivity index (χ4n) is 1.78. The number of rotatable bonds is 6. The van der Waals surface area contributed by atoms with Crippen molar-refractivity contribution in [1.82, 2.24) is 20.6 Å². The van der Waals surface area contributed by atoms with Gasteiger partial charge in [-0.3, -0.25) is 0 Å². The number of fused-ring (bicyclic) bond motifs is 1. The number of hydrogen-bond donors (Lipinski definition) is 4. The number of benzene rings is 1. The summed E-state index contributed by atoms with van der Waals surface area (Å²) in [6, 6.07) is 5.94. The van der Waals surface area contributed by atoms with Gasteiger partial charge in [-0.25, -0.2) is 4.79 Å². The first-order valence-electron chi connectivity index (χ1n) is 5.92. The summed E-state index contributed by atoms with van der Waals surface area (Å²) < 4.78 is 0. The van der Waals surface area contributed by atoms with Gasteiger partial charge in [-0.1, -0.05) is 13.0 Å². The Bertz CT molecular complexity index is 529. The zero-order valence-corrected chi connectivity index (χ0v) is 9.97. The van der Waals surface area contributed by atoms with Crippen LogP contribution in [0.1, 0.15) is 12.5 Å². The van der Waals surface area contributed by atoms with Crippen molar-refractivity contribution >= 4 is 11.0 Å². The first kappa shape index (κ1) is 11.9. The van der Waals surface area contributed by atoms with E-state index >= 15 is 0 Å². The Morgan fingerprint density at radius 1 is 1.12 bits per heavy atom. The van der Waals surface area contributed by atoms with Gasteiger partial charge in [-0.2, -0.15) is 0 Å². The van der Waals surface area contributed by atoms with Crippen molar-refractivity contribution in [3.05, 3.63) is 34.2 Å². The lowest BCUT2D eigenvalue weighted by atomic mass is 10.2. The van der Waals surface area contributed by atoms with Crippen LogP contribution < -0.4 is 16.3 Å². The minimum Gasteiger partial charge on any atom is -0.316 e. The maximum atomic E-state index is 11.1. The van der Waals surface area contributed by atoms with Gasteiger partial charge < -0.3 is 20.6 Å². The Morgan fingerprint density at radius 2 is 1.88 bits per heavy atom. The lowest BCUT2D eigenvalue weighted by Gasteiger charge is -2.05. The van der Waals surface area contributed by atoms with Crippen LogP contribution in [0.4, 0.5) is 0 Å². The molecule has 17 heavy (non-hydrogen) atoms. The Hall–Kier alpha value is -1.59. The number of nitrogens with one attached hydrogen (secondary N) is 4. The molecule has 0 atom stereocenters. The third-order valence-corrected chi connectivity index (χ3v) is 2.64. The molecule has 1 aromatic carbocycles. The molecule has 0 amide bonds. The molecule has 1 aromatic heterocycles. The van der Waals surface area contributed by atoms with Crippen LogP contribution in [-0.2, 0) is 6.54 Å². The molecule has 0 saturated carbocycles. The van der Waals surface area contributed by atoms with E-state index in [-0.39, 0.29) is 5.69 Å². The Balaban J connectivity index is 1.92. The van der Waals surface area contributed by atoms with Gasteiger partial charge >= 0.3 is 5.69 Å². The molecule has 92 valence electrons. The van der Waals surface area contributed by atoms with Crippen molar-refractivity contribution in [3.8, 4) is 0 Å². The summed E-state index contributed by atoms with van der Waals surface area (Å²) >= 11 is 0. The molecular formula is C12H18N4O. The van der Waals surface area contributed by atoms with Crippen LogP contribution in [0.25, 0.3) is 11.0 Å². The quantitative estimate of drug-likeness (QED) is 0.552. The van der Waals surface area contributed by atoms with E-state index < -0.39 is 0 Å². The van der Waals surface area contributed by atoms with Crippen LogP contribution in [0.15, 0.2) is 23.0 Å². The number of imidazole rings is 1. The molecule has 0 bridgehead atoms. The summed E-state index contributed by atoms with van der Waals surface area (Å²) in [5.74, 6) is 0. The smallest absolute Gasteiger partial charge is 0.316 e. The summed E-state index contributed by atoms with van der Waals surface area (Å²) in [7, 11) is 0. The first-order valence-corrected chi connectivity index (χ1v) is 5.92. The van der Waals surface area contributed by atoms with E-state index in [9.17, 15) is 4.79 Å². The summed E-state index contributed by atoms with van der Waals surface area (Å²) in [6.45, 7) is 5.82. The van der Waals surface area contributed by atoms with Gasteiger partial charge in [-0.05, 0) is 24.2 Å². The fraction of sp³-hybridized carbons (Fsp3) is 0.417. The highest BCUT2D eigenvalue weighted by Gasteiger charge is 1.99. The van der Waals surface area contributed by atoms with Crippen molar-refractivity contribution in [2.75, 3.05) is 19.6 Å². The maximum Gasteiger partial charge on any atom is 0.323 e. The number of hydrogen-bond acceptors (Lipinski definition) is 3. The molecule has 4 N–H and O–H groups in total. The molecule has 0 unspecified atom stereocenters. The van der Waals surface area contributed by atoms with Gasteiger partial charge in [0, 0.05) is 19.6 Å². The van der Waals surface area contributed by atoms with Crippen molar-refractivity contribution in [2.24, 2.45) is 0 Å². The van der Waals surface area contributed by atoms with Gasteiger partial charge in [-0.15, -0.1) is 0 Å². The SMILES string of the molecule is CCNCCNCc1ccc2[nH]c(=O)[nH]c2c1. The normalized spacial score (nSPS) is 11.1. The van der Waals surface area contributed by atoms with E-state index in [2.05, 4.69) is 27.5 Å². The highest BCUT2D eigenvalue weighted by atomic mass is 16.1. The van der Waals surface area contributed by atoms with Crippen LogP contribution in [0, 0.1) is 0 Å². The zero-order valence-electron chi connectivity index (χ0n) is 9.97. The largest absolute Gasteiger partial charge is 0.323 e. The Morgan fingerprint density at radius 3 is 2.71 bits per heavy atom. The third-order valence-electron chi connectivity index (χ3n) is 2.64. The second kappa shape index (κ2) is 5.65. The molecule has 1 heterocycles. The molecule has 0 aliphatic carbocycles. The summed E-state index contributed by atoms with van der Waals surface area (Å²) in [6.07, 6.45) is 0. The van der Waals surface area contributed by atoms with Crippen LogP contribution in [0.2, 0.25) is 0 Å². The van der Waals surface area contributed by atoms with E-state index in [1.165, 1.54) is 5.56 Å². The summed E-state index contributed by atoms with van der Waals surface area (Å²) in [4.78, 5) is 16.6. The predicted molar refractivity (Wildman–Crippen MR) is 69.2 cm³/mol. The molecule has 2 aromatic rings. The minimum atomic E-state index is -0.155. The minimum absolute atomic E-state index is 0.155. The molecule has 0 aliphatic rings. The molecule has 5 heteroatoms. The topological polar surface area (TPSA) is 72.7 Å². The lowest BCUT2D eigenvalue weighted by molar-refractivity contribution is 0.625. The standard InChI is InChI=1S/C12H18N4O/c1-2-13-5-6-14-8-9-3-4-10-11(7-9)16-12(17)15-10/h3-4,7,13-14H,2,5-6,8H2,1H3,(H2,15,16,17). The van der Waals surface area contributed by atoms with E-state index in [1.807, 2.05) is 18.2 Å².